The molecule has 1 atom stereocenters. The maximum atomic E-state index is 13.2. The van der Waals surface area contributed by atoms with Crippen molar-refractivity contribution in [1.82, 2.24) is 0 Å². The Morgan fingerprint density at radius 2 is 1.52 bits per heavy atom. The van der Waals surface area contributed by atoms with Gasteiger partial charge in [0.15, 0.2) is 5.78 Å². The van der Waals surface area contributed by atoms with E-state index in [4.69, 9.17) is 0 Å². The molecular weight excluding hydrogens is 432 g/mol. The number of aryl methyl sites for hydroxylation is 1. The van der Waals surface area contributed by atoms with Crippen molar-refractivity contribution >= 4 is 17.5 Å². The van der Waals surface area contributed by atoms with Crippen molar-refractivity contribution in [1.29, 1.82) is 0 Å². The number of rotatable bonds is 1. The highest BCUT2D eigenvalue weighted by atomic mass is 16.4. The van der Waals surface area contributed by atoms with Crippen LogP contribution in [0.2, 0.25) is 0 Å². The second kappa shape index (κ2) is 6.57. The Balaban J connectivity index is 1.86. The summed E-state index contributed by atoms with van der Waals surface area (Å²) >= 11 is 0. The fourth-order valence-electron chi connectivity index (χ4n) is 4.79. The number of carbonyl (C=O) groups excluding carboxylic acids is 2. The standard InChI is InChI=1S/C24H16O9/c1-7-2-11-14(26)6-10-9(17(11)22(30)16(7)24(32)33)5-13-19(21(10)29)23(31)18-12(20(13)28)3-8(25)4-15(18)27/h2-5,14,25-27,29-30H,6H2,1H3,(H,32,33). The van der Waals surface area contributed by atoms with Crippen LogP contribution in [-0.2, 0) is 6.42 Å². The Labute approximate surface area is 185 Å². The second-order valence-electron chi connectivity index (χ2n) is 8.13. The first kappa shape index (κ1) is 20.5. The maximum Gasteiger partial charge on any atom is 0.339 e. The van der Waals surface area contributed by atoms with Crippen LogP contribution in [0, 0.1) is 6.92 Å². The van der Waals surface area contributed by atoms with E-state index in [0.29, 0.717) is 0 Å². The molecule has 3 aromatic rings. The van der Waals surface area contributed by atoms with Gasteiger partial charge in [0, 0.05) is 34.7 Å². The molecule has 0 aromatic heterocycles. The van der Waals surface area contributed by atoms with Crippen LogP contribution in [0.4, 0.5) is 0 Å². The lowest BCUT2D eigenvalue weighted by Gasteiger charge is -2.30. The van der Waals surface area contributed by atoms with E-state index in [0.717, 1.165) is 12.1 Å². The molecule has 5 rings (SSSR count). The molecular formula is C24H16O9. The third-order valence-corrected chi connectivity index (χ3v) is 6.22. The lowest BCUT2D eigenvalue weighted by molar-refractivity contribution is 0.0692. The van der Waals surface area contributed by atoms with E-state index >= 15 is 0 Å². The van der Waals surface area contributed by atoms with Crippen molar-refractivity contribution in [2.45, 2.75) is 19.4 Å². The molecule has 166 valence electrons. The molecule has 2 aliphatic rings. The zero-order valence-electron chi connectivity index (χ0n) is 17.0. The topological polar surface area (TPSA) is 173 Å². The minimum atomic E-state index is -1.40. The summed E-state index contributed by atoms with van der Waals surface area (Å²) in [7, 11) is 0. The van der Waals surface area contributed by atoms with E-state index in [1.54, 1.807) is 0 Å². The number of hydrogen-bond donors (Lipinski definition) is 6. The highest BCUT2D eigenvalue weighted by Gasteiger charge is 2.39. The predicted molar refractivity (Wildman–Crippen MR) is 112 cm³/mol. The largest absolute Gasteiger partial charge is 0.508 e. The molecule has 0 amide bonds. The summed E-state index contributed by atoms with van der Waals surface area (Å²) in [5.74, 6) is -5.33. The Morgan fingerprint density at radius 1 is 0.848 bits per heavy atom. The number of carboxylic acid groups (broad SMARTS) is 1. The van der Waals surface area contributed by atoms with Crippen LogP contribution in [0.1, 0.15) is 65.0 Å². The Kier molecular flexibility index (Phi) is 4.08. The van der Waals surface area contributed by atoms with Gasteiger partial charge in [0.25, 0.3) is 0 Å². The average molecular weight is 448 g/mol. The van der Waals surface area contributed by atoms with Crippen molar-refractivity contribution in [3.63, 3.8) is 0 Å². The van der Waals surface area contributed by atoms with Gasteiger partial charge in [-0.1, -0.05) is 6.07 Å². The molecule has 0 aliphatic heterocycles. The number of aliphatic hydroxyl groups is 1. The molecule has 0 saturated heterocycles. The summed E-state index contributed by atoms with van der Waals surface area (Å²) < 4.78 is 0. The molecule has 33 heavy (non-hydrogen) atoms. The number of hydrogen-bond acceptors (Lipinski definition) is 8. The van der Waals surface area contributed by atoms with Crippen molar-refractivity contribution < 1.29 is 45.0 Å². The normalized spacial score (nSPS) is 16.0. The molecule has 3 aromatic carbocycles. The molecule has 0 bridgehead atoms. The van der Waals surface area contributed by atoms with E-state index in [1.165, 1.54) is 19.1 Å². The first-order chi connectivity index (χ1) is 15.5. The van der Waals surface area contributed by atoms with Crippen LogP contribution in [0.25, 0.3) is 11.1 Å². The van der Waals surface area contributed by atoms with Crippen LogP contribution in [0.5, 0.6) is 23.0 Å². The SMILES string of the molecule is Cc1cc2c(c(O)c1C(=O)O)-c1cc3c(c(O)c1CC2O)C(=O)c1c(O)cc(O)cc1C3=O. The number of carboxylic acids is 1. The third-order valence-electron chi connectivity index (χ3n) is 6.22. The molecule has 2 aliphatic carbocycles. The number of phenols is 4. The number of aromatic carboxylic acids is 1. The Morgan fingerprint density at radius 3 is 2.18 bits per heavy atom. The molecule has 6 N–H and O–H groups in total. The summed E-state index contributed by atoms with van der Waals surface area (Å²) in [6.45, 7) is 1.47. The number of fused-ring (bicyclic) bond motifs is 5. The molecule has 0 fully saturated rings. The summed E-state index contributed by atoms with van der Waals surface area (Å²) in [6.07, 6.45) is -1.39. The van der Waals surface area contributed by atoms with E-state index < -0.39 is 52.2 Å². The van der Waals surface area contributed by atoms with Gasteiger partial charge >= 0.3 is 5.97 Å². The van der Waals surface area contributed by atoms with Crippen molar-refractivity contribution in [3.8, 4) is 34.1 Å². The van der Waals surface area contributed by atoms with Gasteiger partial charge in [-0.05, 0) is 35.7 Å². The van der Waals surface area contributed by atoms with Gasteiger partial charge in [0.1, 0.15) is 28.6 Å². The van der Waals surface area contributed by atoms with Gasteiger partial charge in [-0.3, -0.25) is 9.59 Å². The van der Waals surface area contributed by atoms with E-state index in [9.17, 15) is 45.0 Å². The van der Waals surface area contributed by atoms with Gasteiger partial charge in [-0.25, -0.2) is 4.79 Å². The molecule has 0 radical (unpaired) electrons. The molecule has 0 heterocycles. The highest BCUT2D eigenvalue weighted by molar-refractivity contribution is 6.31. The number of aliphatic hydroxyl groups excluding tert-OH is 1. The van der Waals surface area contributed by atoms with Crippen molar-refractivity contribution in [2.75, 3.05) is 0 Å². The number of phenolic OH excluding ortho intramolecular Hbond substituents is 3. The Hall–Kier alpha value is -4.37. The average Bonchev–Trinajstić information content (AvgIpc) is 2.71. The molecule has 9 heteroatoms. The minimum absolute atomic E-state index is 0.0482. The fraction of sp³-hybridized carbons (Fsp3) is 0.125. The zero-order chi connectivity index (χ0) is 23.9. The summed E-state index contributed by atoms with van der Waals surface area (Å²) in [5.41, 5.74) is -1.14. The van der Waals surface area contributed by atoms with Crippen molar-refractivity contribution in [3.05, 3.63) is 68.8 Å². The fourth-order valence-corrected chi connectivity index (χ4v) is 4.79. The summed E-state index contributed by atoms with van der Waals surface area (Å²) in [6, 6.07) is 4.59. The van der Waals surface area contributed by atoms with Gasteiger partial charge in [-0.2, -0.15) is 0 Å². The van der Waals surface area contributed by atoms with Gasteiger partial charge in [0.05, 0.1) is 17.2 Å². The van der Waals surface area contributed by atoms with Gasteiger partial charge in [-0.15, -0.1) is 0 Å². The molecule has 0 saturated carbocycles. The van der Waals surface area contributed by atoms with Gasteiger partial charge in [0.2, 0.25) is 5.78 Å². The second-order valence-corrected chi connectivity index (χ2v) is 8.13. The molecule has 9 nitrogen and oxygen atoms in total. The molecule has 1 unspecified atom stereocenters. The lowest BCUT2D eigenvalue weighted by Crippen LogP contribution is -2.23. The maximum absolute atomic E-state index is 13.2. The predicted octanol–water partition coefficient (Wildman–Crippen LogP) is 2.55. The number of benzene rings is 3. The summed E-state index contributed by atoms with van der Waals surface area (Å²) in [4.78, 5) is 38.0. The smallest absolute Gasteiger partial charge is 0.339 e. The molecule has 0 spiro atoms. The summed E-state index contributed by atoms with van der Waals surface area (Å²) in [5, 5.41) is 61.9. The number of carbonyl (C=O) groups is 3. The first-order valence-corrected chi connectivity index (χ1v) is 9.85. The van der Waals surface area contributed by atoms with Crippen LogP contribution in [-0.4, -0.2) is 48.2 Å². The number of ketones is 2. The third kappa shape index (κ3) is 2.60. The van der Waals surface area contributed by atoms with Crippen LogP contribution < -0.4 is 0 Å². The van der Waals surface area contributed by atoms with E-state index in [1.807, 2.05) is 0 Å². The van der Waals surface area contributed by atoms with Crippen LogP contribution >= 0.6 is 0 Å². The monoisotopic (exact) mass is 448 g/mol. The quantitative estimate of drug-likeness (QED) is 0.256. The van der Waals surface area contributed by atoms with Gasteiger partial charge < -0.3 is 30.6 Å². The van der Waals surface area contributed by atoms with E-state index in [2.05, 4.69) is 0 Å². The van der Waals surface area contributed by atoms with Crippen LogP contribution in [0.15, 0.2) is 24.3 Å². The lowest BCUT2D eigenvalue weighted by atomic mass is 9.75. The minimum Gasteiger partial charge on any atom is -0.508 e. The highest BCUT2D eigenvalue weighted by Crippen LogP contribution is 2.51. The zero-order valence-corrected chi connectivity index (χ0v) is 17.0. The van der Waals surface area contributed by atoms with Crippen LogP contribution in [0.3, 0.4) is 0 Å². The first-order valence-electron chi connectivity index (χ1n) is 9.85. The van der Waals surface area contributed by atoms with Crippen molar-refractivity contribution in [2.24, 2.45) is 0 Å². The Bertz CT molecular complexity index is 1470. The van der Waals surface area contributed by atoms with E-state index in [-0.39, 0.29) is 56.5 Å². The number of aromatic hydroxyl groups is 4.